The lowest BCUT2D eigenvalue weighted by Gasteiger charge is -2.04. The fourth-order valence-electron chi connectivity index (χ4n) is 2.11. The number of unbranched alkanes of at least 4 members (excludes halogenated alkanes) is 1. The van der Waals surface area contributed by atoms with E-state index in [0.717, 1.165) is 0 Å². The van der Waals surface area contributed by atoms with Crippen LogP contribution in [0.15, 0.2) is 60.7 Å². The molecule has 0 saturated heterocycles. The van der Waals surface area contributed by atoms with Crippen molar-refractivity contribution in [1.82, 2.24) is 0 Å². The maximum absolute atomic E-state index is 11.7. The lowest BCUT2D eigenvalue weighted by molar-refractivity contribution is -0.140. The van der Waals surface area contributed by atoms with E-state index in [9.17, 15) is 19.2 Å². The fourth-order valence-corrected chi connectivity index (χ4v) is 2.11. The molecule has 0 fully saturated rings. The molecule has 0 aliphatic carbocycles. The van der Waals surface area contributed by atoms with Gasteiger partial charge in [-0.2, -0.15) is 0 Å². The summed E-state index contributed by atoms with van der Waals surface area (Å²) < 4.78 is 9.44. The molecule has 0 atom stereocenters. The fraction of sp³-hybridized carbons (Fsp3) is 0.200. The predicted molar refractivity (Wildman–Crippen MR) is 92.2 cm³/mol. The Kier molecular flexibility index (Phi) is 7.24. The van der Waals surface area contributed by atoms with Crippen LogP contribution in [0, 0.1) is 0 Å². The van der Waals surface area contributed by atoms with Crippen LogP contribution >= 0.6 is 0 Å². The molecule has 0 heterocycles. The molecule has 2 aromatic carbocycles. The van der Waals surface area contributed by atoms with Crippen molar-refractivity contribution < 1.29 is 28.7 Å². The Morgan fingerprint density at radius 1 is 0.577 bits per heavy atom. The molecule has 0 N–H and O–H groups in total. The van der Waals surface area contributed by atoms with Gasteiger partial charge in [0.05, 0.1) is 11.1 Å². The molecular weight excluding hydrogens is 336 g/mol. The maximum Gasteiger partial charge on any atom is 0.345 e. The van der Waals surface area contributed by atoms with E-state index in [4.69, 9.17) is 9.47 Å². The number of hydrogen-bond acceptors (Lipinski definition) is 6. The number of rotatable bonds is 7. The zero-order chi connectivity index (χ0) is 18.8. The molecule has 0 saturated carbocycles. The first-order valence-electron chi connectivity index (χ1n) is 8.16. The van der Waals surface area contributed by atoms with Gasteiger partial charge in [0, 0.05) is 12.8 Å². The minimum absolute atomic E-state index is 0.00150. The standard InChI is InChI=1S/C20H18O6/c21-17(25-19(23)15-9-3-1-4-10-15)13-7-8-14-18(22)26-20(24)16-11-5-2-6-12-16/h1-6,9-12H,7-8,13-14H2. The van der Waals surface area contributed by atoms with Gasteiger partial charge in [0.25, 0.3) is 0 Å². The predicted octanol–water partition coefficient (Wildman–Crippen LogP) is 3.31. The van der Waals surface area contributed by atoms with Gasteiger partial charge in [0.15, 0.2) is 0 Å². The van der Waals surface area contributed by atoms with Crippen molar-refractivity contribution in [2.24, 2.45) is 0 Å². The van der Waals surface area contributed by atoms with Gasteiger partial charge >= 0.3 is 23.9 Å². The van der Waals surface area contributed by atoms with Crippen LogP contribution in [0.5, 0.6) is 0 Å². The number of esters is 4. The van der Waals surface area contributed by atoms with Crippen molar-refractivity contribution >= 4 is 23.9 Å². The molecular formula is C20H18O6. The van der Waals surface area contributed by atoms with E-state index < -0.39 is 23.9 Å². The number of ether oxygens (including phenoxy) is 2. The van der Waals surface area contributed by atoms with Crippen LogP contribution in [-0.2, 0) is 19.1 Å². The Hall–Kier alpha value is -3.28. The smallest absolute Gasteiger partial charge is 0.345 e. The lowest BCUT2D eigenvalue weighted by atomic mass is 10.2. The molecule has 0 bridgehead atoms. The maximum atomic E-state index is 11.7. The molecule has 2 rings (SSSR count). The minimum atomic E-state index is -0.705. The summed E-state index contributed by atoms with van der Waals surface area (Å²) in [7, 11) is 0. The third-order valence-electron chi connectivity index (χ3n) is 3.44. The van der Waals surface area contributed by atoms with Crippen LogP contribution in [0.2, 0.25) is 0 Å². The van der Waals surface area contributed by atoms with Gasteiger partial charge in [-0.15, -0.1) is 0 Å². The third kappa shape index (κ3) is 6.32. The largest absolute Gasteiger partial charge is 0.389 e. The molecule has 0 aromatic heterocycles. The highest BCUT2D eigenvalue weighted by atomic mass is 16.6. The van der Waals surface area contributed by atoms with E-state index >= 15 is 0 Å². The highest BCUT2D eigenvalue weighted by Crippen LogP contribution is 2.08. The van der Waals surface area contributed by atoms with Gasteiger partial charge < -0.3 is 9.47 Å². The van der Waals surface area contributed by atoms with E-state index in [1.807, 2.05) is 0 Å². The topological polar surface area (TPSA) is 86.7 Å². The van der Waals surface area contributed by atoms with Crippen LogP contribution in [-0.4, -0.2) is 23.9 Å². The molecule has 6 nitrogen and oxygen atoms in total. The van der Waals surface area contributed by atoms with Crippen LogP contribution < -0.4 is 0 Å². The monoisotopic (exact) mass is 354 g/mol. The van der Waals surface area contributed by atoms with Crippen LogP contribution in [0.1, 0.15) is 46.4 Å². The van der Waals surface area contributed by atoms with Gasteiger partial charge in [-0.05, 0) is 37.1 Å². The first-order valence-corrected chi connectivity index (χ1v) is 8.16. The Bertz CT molecular complexity index is 700. The second kappa shape index (κ2) is 9.88. The number of benzene rings is 2. The van der Waals surface area contributed by atoms with Crippen LogP contribution in [0.3, 0.4) is 0 Å². The highest BCUT2D eigenvalue weighted by Gasteiger charge is 2.14. The summed E-state index contributed by atoms with van der Waals surface area (Å²) in [6.45, 7) is 0. The van der Waals surface area contributed by atoms with Crippen molar-refractivity contribution in [2.45, 2.75) is 25.7 Å². The Morgan fingerprint density at radius 2 is 0.923 bits per heavy atom. The first-order chi connectivity index (χ1) is 12.6. The van der Waals surface area contributed by atoms with E-state index in [-0.39, 0.29) is 12.8 Å². The van der Waals surface area contributed by atoms with E-state index in [1.54, 1.807) is 60.7 Å². The molecule has 0 aliphatic rings. The zero-order valence-corrected chi connectivity index (χ0v) is 14.1. The molecule has 0 aliphatic heterocycles. The summed E-state index contributed by atoms with van der Waals surface area (Å²) >= 11 is 0. The molecule has 26 heavy (non-hydrogen) atoms. The summed E-state index contributed by atoms with van der Waals surface area (Å²) in [5.41, 5.74) is 0.590. The summed E-state index contributed by atoms with van der Waals surface area (Å²) in [4.78, 5) is 46.6. The average molecular weight is 354 g/mol. The number of hydrogen-bond donors (Lipinski definition) is 0. The first kappa shape index (κ1) is 19.1. The van der Waals surface area contributed by atoms with Crippen molar-refractivity contribution in [3.05, 3.63) is 71.8 Å². The second-order valence-electron chi connectivity index (χ2n) is 5.46. The SMILES string of the molecule is O=C(CCCCC(=O)OC(=O)c1ccccc1)OC(=O)c1ccccc1. The highest BCUT2D eigenvalue weighted by molar-refractivity contribution is 5.97. The normalized spacial score (nSPS) is 10.0. The van der Waals surface area contributed by atoms with Gasteiger partial charge in [-0.25, -0.2) is 9.59 Å². The van der Waals surface area contributed by atoms with Crippen molar-refractivity contribution in [1.29, 1.82) is 0 Å². The van der Waals surface area contributed by atoms with Crippen molar-refractivity contribution in [3.8, 4) is 0 Å². The molecule has 134 valence electrons. The van der Waals surface area contributed by atoms with Crippen LogP contribution in [0.25, 0.3) is 0 Å². The third-order valence-corrected chi connectivity index (χ3v) is 3.44. The van der Waals surface area contributed by atoms with Crippen LogP contribution in [0.4, 0.5) is 0 Å². The summed E-state index contributed by atoms with van der Waals surface area (Å²) in [5.74, 6) is -2.73. The zero-order valence-electron chi connectivity index (χ0n) is 14.1. The van der Waals surface area contributed by atoms with Gasteiger partial charge in [0.2, 0.25) is 0 Å². The second-order valence-corrected chi connectivity index (χ2v) is 5.46. The Morgan fingerprint density at radius 3 is 1.27 bits per heavy atom. The number of carbonyl (C=O) groups excluding carboxylic acids is 4. The van der Waals surface area contributed by atoms with E-state index in [2.05, 4.69) is 0 Å². The summed E-state index contributed by atoms with van der Waals surface area (Å²) in [6.07, 6.45) is 0.683. The molecule has 2 aromatic rings. The lowest BCUT2D eigenvalue weighted by Crippen LogP contribution is -2.13. The van der Waals surface area contributed by atoms with Gasteiger partial charge in [-0.3, -0.25) is 9.59 Å². The quantitative estimate of drug-likeness (QED) is 0.431. The summed E-state index contributed by atoms with van der Waals surface area (Å²) in [6, 6.07) is 16.4. The van der Waals surface area contributed by atoms with Gasteiger partial charge in [-0.1, -0.05) is 36.4 Å². The van der Waals surface area contributed by atoms with E-state index in [0.29, 0.717) is 24.0 Å². The molecule has 0 spiro atoms. The molecule has 0 unspecified atom stereocenters. The molecule has 0 radical (unpaired) electrons. The molecule has 0 amide bonds. The Labute approximate surface area is 150 Å². The Balaban J connectivity index is 1.63. The average Bonchev–Trinajstić information content (AvgIpc) is 2.66. The minimum Gasteiger partial charge on any atom is -0.389 e. The number of carbonyl (C=O) groups is 4. The van der Waals surface area contributed by atoms with E-state index in [1.165, 1.54) is 0 Å². The summed E-state index contributed by atoms with van der Waals surface area (Å²) in [5, 5.41) is 0. The van der Waals surface area contributed by atoms with Gasteiger partial charge in [0.1, 0.15) is 0 Å². The van der Waals surface area contributed by atoms with Crippen molar-refractivity contribution in [3.63, 3.8) is 0 Å². The molecule has 6 heteroatoms. The van der Waals surface area contributed by atoms with Crippen molar-refractivity contribution in [2.75, 3.05) is 0 Å².